The molecule has 7 heteroatoms. The zero-order valence-electron chi connectivity index (χ0n) is 10.5. The lowest BCUT2D eigenvalue weighted by molar-refractivity contribution is 0.0526. The number of hydrogen-bond donors (Lipinski definition) is 0. The van der Waals surface area contributed by atoms with Crippen molar-refractivity contribution in [3.05, 3.63) is 57.2 Å². The van der Waals surface area contributed by atoms with Crippen LogP contribution in [0.15, 0.2) is 35.3 Å². The van der Waals surface area contributed by atoms with Crippen LogP contribution in [0.25, 0.3) is 5.69 Å². The summed E-state index contributed by atoms with van der Waals surface area (Å²) in [5.74, 6) is -1.34. The smallest absolute Gasteiger partial charge is 0.338 e. The van der Waals surface area contributed by atoms with E-state index in [0.29, 0.717) is 11.3 Å². The number of carbonyl (C=O) groups excluding carboxylic acids is 1. The number of halogens is 2. The fourth-order valence-corrected chi connectivity index (χ4v) is 1.68. The Morgan fingerprint density at radius 2 is 2.05 bits per heavy atom. The van der Waals surface area contributed by atoms with E-state index in [0.717, 1.165) is 10.9 Å². The van der Waals surface area contributed by atoms with Crippen LogP contribution in [0.2, 0.25) is 5.02 Å². The first-order chi connectivity index (χ1) is 9.54. The Morgan fingerprint density at radius 3 is 2.65 bits per heavy atom. The number of esters is 1. The number of ether oxygens (including phenoxy) is 1. The molecule has 0 aliphatic carbocycles. The van der Waals surface area contributed by atoms with Crippen LogP contribution < -0.4 is 5.56 Å². The maximum Gasteiger partial charge on any atom is 0.338 e. The van der Waals surface area contributed by atoms with Crippen LogP contribution >= 0.6 is 11.6 Å². The van der Waals surface area contributed by atoms with Gasteiger partial charge in [0.25, 0.3) is 5.56 Å². The SMILES string of the molecule is CCOC(=O)c1ccc(-n2ncc(F)c(Cl)c2=O)cc1. The monoisotopic (exact) mass is 296 g/mol. The van der Waals surface area contributed by atoms with E-state index in [1.165, 1.54) is 24.3 Å². The van der Waals surface area contributed by atoms with Gasteiger partial charge >= 0.3 is 5.97 Å². The van der Waals surface area contributed by atoms with Crippen molar-refractivity contribution in [2.45, 2.75) is 6.92 Å². The van der Waals surface area contributed by atoms with Gasteiger partial charge in [-0.25, -0.2) is 9.18 Å². The lowest BCUT2D eigenvalue weighted by atomic mass is 10.2. The highest BCUT2D eigenvalue weighted by Gasteiger charge is 2.11. The molecule has 0 saturated heterocycles. The number of benzene rings is 1. The summed E-state index contributed by atoms with van der Waals surface area (Å²) in [6.45, 7) is 1.98. The van der Waals surface area contributed by atoms with Crippen LogP contribution in [0.3, 0.4) is 0 Å². The molecular formula is C13H10ClFN2O3. The minimum atomic E-state index is -0.879. The normalized spacial score (nSPS) is 10.3. The maximum absolute atomic E-state index is 13.1. The first-order valence-corrected chi connectivity index (χ1v) is 6.13. The fraction of sp³-hybridized carbons (Fsp3) is 0.154. The lowest BCUT2D eigenvalue weighted by Crippen LogP contribution is -2.22. The van der Waals surface area contributed by atoms with Crippen LogP contribution in [-0.4, -0.2) is 22.4 Å². The van der Waals surface area contributed by atoms with Gasteiger partial charge in [0.05, 0.1) is 24.1 Å². The van der Waals surface area contributed by atoms with Gasteiger partial charge < -0.3 is 4.74 Å². The number of aromatic nitrogens is 2. The Bertz CT molecular complexity index is 698. The molecule has 0 amide bonds. The summed E-state index contributed by atoms with van der Waals surface area (Å²) < 4.78 is 18.8. The second-order valence-corrected chi connectivity index (χ2v) is 4.17. The molecule has 0 fully saturated rings. The van der Waals surface area contributed by atoms with Crippen LogP contribution in [0.1, 0.15) is 17.3 Å². The molecule has 0 N–H and O–H groups in total. The average molecular weight is 297 g/mol. The summed E-state index contributed by atoms with van der Waals surface area (Å²) in [7, 11) is 0. The number of carbonyl (C=O) groups is 1. The molecular weight excluding hydrogens is 287 g/mol. The van der Waals surface area contributed by atoms with Crippen molar-refractivity contribution in [1.82, 2.24) is 9.78 Å². The highest BCUT2D eigenvalue weighted by Crippen LogP contribution is 2.11. The summed E-state index contributed by atoms with van der Waals surface area (Å²) in [6, 6.07) is 5.96. The Balaban J connectivity index is 2.38. The van der Waals surface area contributed by atoms with E-state index >= 15 is 0 Å². The molecule has 2 aromatic rings. The maximum atomic E-state index is 13.1. The Morgan fingerprint density at radius 1 is 1.40 bits per heavy atom. The van der Waals surface area contributed by atoms with Gasteiger partial charge in [0.1, 0.15) is 5.02 Å². The van der Waals surface area contributed by atoms with E-state index in [9.17, 15) is 14.0 Å². The number of hydrogen-bond acceptors (Lipinski definition) is 4. The summed E-state index contributed by atoms with van der Waals surface area (Å²) in [4.78, 5) is 23.2. The molecule has 1 aromatic heterocycles. The Kier molecular flexibility index (Phi) is 4.14. The van der Waals surface area contributed by atoms with Gasteiger partial charge in [0.15, 0.2) is 5.82 Å². The first-order valence-electron chi connectivity index (χ1n) is 5.75. The summed E-state index contributed by atoms with van der Waals surface area (Å²) in [6.07, 6.45) is 0.850. The summed E-state index contributed by atoms with van der Waals surface area (Å²) in [5.41, 5.74) is -0.0580. The quantitative estimate of drug-likeness (QED) is 0.815. The topological polar surface area (TPSA) is 61.2 Å². The lowest BCUT2D eigenvalue weighted by Gasteiger charge is -2.06. The zero-order chi connectivity index (χ0) is 14.7. The second-order valence-electron chi connectivity index (χ2n) is 3.79. The van der Waals surface area contributed by atoms with Crippen LogP contribution in [0.5, 0.6) is 0 Å². The standard InChI is InChI=1S/C13H10ClFN2O3/c1-2-20-13(19)8-3-5-9(6-4-8)17-12(18)11(14)10(15)7-16-17/h3-7H,2H2,1H3. The minimum Gasteiger partial charge on any atom is -0.462 e. The van der Waals surface area contributed by atoms with E-state index in [2.05, 4.69) is 5.10 Å². The number of rotatable bonds is 3. The Labute approximate surface area is 118 Å². The van der Waals surface area contributed by atoms with Gasteiger partial charge in [-0.2, -0.15) is 9.78 Å². The van der Waals surface area contributed by atoms with Gasteiger partial charge in [0.2, 0.25) is 0 Å². The second kappa shape index (κ2) is 5.83. The van der Waals surface area contributed by atoms with Crippen molar-refractivity contribution in [2.24, 2.45) is 0 Å². The molecule has 0 spiro atoms. The van der Waals surface area contributed by atoms with Crippen molar-refractivity contribution in [1.29, 1.82) is 0 Å². The molecule has 0 aliphatic rings. The van der Waals surface area contributed by atoms with Gasteiger partial charge in [0, 0.05) is 0 Å². The largest absolute Gasteiger partial charge is 0.462 e. The van der Waals surface area contributed by atoms with E-state index < -0.39 is 22.4 Å². The van der Waals surface area contributed by atoms with Crippen molar-refractivity contribution in [2.75, 3.05) is 6.61 Å². The minimum absolute atomic E-state index is 0.273. The molecule has 2 rings (SSSR count). The third-order valence-electron chi connectivity index (χ3n) is 2.50. The van der Waals surface area contributed by atoms with Crippen molar-refractivity contribution in [3.63, 3.8) is 0 Å². The highest BCUT2D eigenvalue weighted by molar-refractivity contribution is 6.30. The molecule has 20 heavy (non-hydrogen) atoms. The molecule has 104 valence electrons. The first kappa shape index (κ1) is 14.2. The van der Waals surface area contributed by atoms with Crippen molar-refractivity contribution < 1.29 is 13.9 Å². The molecule has 0 aliphatic heterocycles. The summed E-state index contributed by atoms with van der Waals surface area (Å²) in [5, 5.41) is 3.12. The van der Waals surface area contributed by atoms with Crippen molar-refractivity contribution in [3.8, 4) is 5.69 Å². The molecule has 0 atom stereocenters. The van der Waals surface area contributed by atoms with Crippen LogP contribution in [0.4, 0.5) is 4.39 Å². The van der Waals surface area contributed by atoms with E-state index in [-0.39, 0.29) is 6.61 Å². The van der Waals surface area contributed by atoms with E-state index in [1.54, 1.807) is 6.92 Å². The van der Waals surface area contributed by atoms with Gasteiger partial charge in [-0.1, -0.05) is 11.6 Å². The summed E-state index contributed by atoms with van der Waals surface area (Å²) >= 11 is 5.53. The third kappa shape index (κ3) is 2.70. The zero-order valence-corrected chi connectivity index (χ0v) is 11.2. The number of nitrogens with zero attached hydrogens (tertiary/aromatic N) is 2. The van der Waals surface area contributed by atoms with Gasteiger partial charge in [-0.05, 0) is 31.2 Å². The van der Waals surface area contributed by atoms with Crippen molar-refractivity contribution >= 4 is 17.6 Å². The van der Waals surface area contributed by atoms with Gasteiger partial charge in [-0.15, -0.1) is 0 Å². The molecule has 0 saturated carbocycles. The van der Waals surface area contributed by atoms with Gasteiger partial charge in [-0.3, -0.25) is 4.79 Å². The highest BCUT2D eigenvalue weighted by atomic mass is 35.5. The molecule has 1 heterocycles. The van der Waals surface area contributed by atoms with E-state index in [1.807, 2.05) is 0 Å². The molecule has 0 bridgehead atoms. The Hall–Kier alpha value is -2.21. The fourth-order valence-electron chi connectivity index (χ4n) is 1.55. The molecule has 0 radical (unpaired) electrons. The average Bonchev–Trinajstić information content (AvgIpc) is 2.45. The molecule has 0 unspecified atom stereocenters. The van der Waals surface area contributed by atoms with Crippen LogP contribution in [0, 0.1) is 5.82 Å². The third-order valence-corrected chi connectivity index (χ3v) is 2.84. The molecule has 1 aromatic carbocycles. The predicted molar refractivity (Wildman–Crippen MR) is 70.8 cm³/mol. The predicted octanol–water partition coefficient (Wildman–Crippen LogP) is 2.20. The van der Waals surface area contributed by atoms with Crippen LogP contribution in [-0.2, 0) is 4.74 Å². The van der Waals surface area contributed by atoms with E-state index in [4.69, 9.17) is 16.3 Å². The molecule has 5 nitrogen and oxygen atoms in total.